The lowest BCUT2D eigenvalue weighted by atomic mass is 10.2. The molecule has 2 nitrogen and oxygen atoms in total. The van der Waals surface area contributed by atoms with E-state index in [1.165, 1.54) is 10.9 Å². The van der Waals surface area contributed by atoms with Crippen molar-refractivity contribution in [2.45, 2.75) is 45.5 Å². The van der Waals surface area contributed by atoms with Crippen LogP contribution in [-0.4, -0.2) is 25.9 Å². The Hall–Kier alpha value is -1.65. The van der Waals surface area contributed by atoms with Crippen molar-refractivity contribution in [3.63, 3.8) is 0 Å². The van der Waals surface area contributed by atoms with E-state index in [2.05, 4.69) is 61.4 Å². The van der Waals surface area contributed by atoms with Crippen molar-refractivity contribution in [1.29, 1.82) is 0 Å². The molecule has 0 aliphatic heterocycles. The number of terminal acetylenes is 1. The predicted octanol–water partition coefficient (Wildman–Crippen LogP) is 6.92. The number of hydrogen-bond acceptors (Lipinski definition) is 1. The van der Waals surface area contributed by atoms with E-state index in [0.29, 0.717) is 5.56 Å². The van der Waals surface area contributed by atoms with Crippen LogP contribution in [0.5, 0.6) is 0 Å². The molecule has 0 atom stereocenters. The average Bonchev–Trinajstić information content (AvgIpc) is 2.99. The number of halogens is 5. The maximum Gasteiger partial charge on any atom is 0.416 e. The van der Waals surface area contributed by atoms with E-state index in [0.717, 1.165) is 12.1 Å². The van der Waals surface area contributed by atoms with Gasteiger partial charge in [-0.3, -0.25) is 0 Å². The van der Waals surface area contributed by atoms with Crippen molar-refractivity contribution in [1.82, 2.24) is 9.78 Å². The summed E-state index contributed by atoms with van der Waals surface area (Å²) in [5.74, 6) is 3.01. The van der Waals surface area contributed by atoms with E-state index in [9.17, 15) is 13.2 Å². The Morgan fingerprint density at radius 1 is 1.00 bits per heavy atom. The number of nitrogens with zero attached hydrogens (tertiary/aromatic N) is 2. The number of rotatable bonds is 1. The molecule has 0 N–H and O–H groups in total. The van der Waals surface area contributed by atoms with Gasteiger partial charge < -0.3 is 0 Å². The molecule has 29 heavy (non-hydrogen) atoms. The summed E-state index contributed by atoms with van der Waals surface area (Å²) in [4.78, 5) is 0. The number of hydrogen-bond donors (Lipinski definition) is 0. The average molecular weight is 475 g/mol. The second-order valence-corrected chi connectivity index (χ2v) is 18.7. The number of benzene rings is 1. The summed E-state index contributed by atoms with van der Waals surface area (Å²) in [6, 6.07) is 1.66. The van der Waals surface area contributed by atoms with Gasteiger partial charge in [0.15, 0.2) is 0 Å². The minimum atomic E-state index is -4.51. The third kappa shape index (κ3) is 8.71. The molecule has 0 saturated carbocycles. The monoisotopic (exact) mass is 474 g/mol. The maximum atomic E-state index is 12.7. The quantitative estimate of drug-likeness (QED) is 0.323. The molecule has 0 spiro atoms. The van der Waals surface area contributed by atoms with Crippen LogP contribution < -0.4 is 0 Å². The molecule has 2 rings (SSSR count). The summed E-state index contributed by atoms with van der Waals surface area (Å²) in [6.07, 6.45) is 3.72. The van der Waals surface area contributed by atoms with Gasteiger partial charge in [-0.25, -0.2) is 4.68 Å². The zero-order valence-corrected chi connectivity index (χ0v) is 20.7. The largest absolute Gasteiger partial charge is 0.416 e. The highest BCUT2D eigenvalue weighted by Crippen LogP contribution is 2.37. The lowest BCUT2D eigenvalue weighted by molar-refractivity contribution is -0.137. The number of aromatic nitrogens is 2. The molecule has 0 saturated heterocycles. The van der Waals surface area contributed by atoms with Crippen LogP contribution in [0.2, 0.25) is 49.3 Å². The van der Waals surface area contributed by atoms with Crippen molar-refractivity contribution in [2.75, 3.05) is 0 Å². The second kappa shape index (κ2) is 9.44. The minimum Gasteiger partial charge on any atom is -0.237 e. The van der Waals surface area contributed by atoms with Gasteiger partial charge in [0.05, 0.1) is 27.4 Å². The summed E-state index contributed by atoms with van der Waals surface area (Å²) in [5.41, 5.74) is 5.87. The molecule has 0 aliphatic rings. The van der Waals surface area contributed by atoms with E-state index < -0.39 is 27.9 Å². The summed E-state index contributed by atoms with van der Waals surface area (Å²) in [6.45, 7) is 12.8. The lowest BCUT2D eigenvalue weighted by Crippen LogP contribution is -2.16. The first-order valence-corrected chi connectivity index (χ1v) is 16.4. The lowest BCUT2D eigenvalue weighted by Gasteiger charge is -2.12. The molecule has 9 heteroatoms. The Morgan fingerprint density at radius 2 is 1.48 bits per heavy atom. The predicted molar refractivity (Wildman–Crippen MR) is 121 cm³/mol. The van der Waals surface area contributed by atoms with Crippen molar-refractivity contribution >= 4 is 39.3 Å². The Morgan fingerprint density at radius 3 is 1.86 bits per heavy atom. The molecule has 2 aromatic rings. The molecule has 0 radical (unpaired) electrons. The van der Waals surface area contributed by atoms with Crippen molar-refractivity contribution in [3.8, 4) is 29.1 Å². The minimum absolute atomic E-state index is 0.127. The molecule has 1 heterocycles. The highest BCUT2D eigenvalue weighted by atomic mass is 35.5. The first-order chi connectivity index (χ1) is 13.0. The van der Waals surface area contributed by atoms with Crippen LogP contribution in [0.15, 0.2) is 24.5 Å². The maximum absolute atomic E-state index is 12.7. The fourth-order valence-electron chi connectivity index (χ4n) is 1.72. The van der Waals surface area contributed by atoms with Gasteiger partial charge >= 0.3 is 6.18 Å². The van der Waals surface area contributed by atoms with Crippen LogP contribution in [0.25, 0.3) is 5.69 Å². The molecule has 0 amide bonds. The molecule has 0 aliphatic carbocycles. The Labute approximate surface area is 182 Å². The van der Waals surface area contributed by atoms with Crippen molar-refractivity contribution in [3.05, 3.63) is 45.7 Å². The Bertz CT molecular complexity index is 944. The molecule has 156 valence electrons. The molecular formula is C20H23Cl2F3N2Si2. The van der Waals surface area contributed by atoms with Gasteiger partial charge in [-0.15, -0.1) is 17.5 Å². The van der Waals surface area contributed by atoms with Gasteiger partial charge in [-0.2, -0.15) is 18.3 Å². The zero-order chi connectivity index (χ0) is 22.6. The number of alkyl halides is 3. The highest BCUT2D eigenvalue weighted by Gasteiger charge is 2.32. The Balaban J connectivity index is 0.000000612. The summed E-state index contributed by atoms with van der Waals surface area (Å²) >= 11 is 11.9. The molecule has 0 unspecified atom stereocenters. The van der Waals surface area contributed by atoms with Gasteiger partial charge in [0.2, 0.25) is 0 Å². The third-order valence-corrected chi connectivity index (χ3v) is 5.49. The first kappa shape index (κ1) is 25.4. The van der Waals surface area contributed by atoms with Gasteiger partial charge in [0.1, 0.15) is 21.8 Å². The smallest absolute Gasteiger partial charge is 0.237 e. The Kier molecular flexibility index (Phi) is 8.27. The van der Waals surface area contributed by atoms with Crippen LogP contribution in [0.1, 0.15) is 11.1 Å². The standard InChI is InChI=1S/C15H13Cl2F3N2Si.C5H10Si/c1-23(2,3)5-4-10-8-21-22(9-10)14-12(16)6-11(7-13(14)17)15(18,19)20;1-5-6(2,3)4/h6-9H,1-3H3;1H,2-4H3. The van der Waals surface area contributed by atoms with E-state index in [-0.39, 0.29) is 15.7 Å². The summed E-state index contributed by atoms with van der Waals surface area (Å²) in [7, 11) is -2.64. The van der Waals surface area contributed by atoms with Gasteiger partial charge in [0.25, 0.3) is 0 Å². The van der Waals surface area contributed by atoms with E-state index in [1.54, 1.807) is 6.20 Å². The van der Waals surface area contributed by atoms with Crippen molar-refractivity contribution in [2.24, 2.45) is 0 Å². The summed E-state index contributed by atoms with van der Waals surface area (Å²) in [5, 5.41) is 3.83. The molecule has 1 aromatic heterocycles. The fourth-order valence-corrected chi connectivity index (χ4v) is 2.90. The normalized spacial score (nSPS) is 11.7. The highest BCUT2D eigenvalue weighted by molar-refractivity contribution is 6.84. The van der Waals surface area contributed by atoms with Gasteiger partial charge in [-0.1, -0.05) is 68.4 Å². The first-order valence-electron chi connectivity index (χ1n) is 8.66. The van der Waals surface area contributed by atoms with Gasteiger partial charge in [-0.05, 0) is 12.1 Å². The SMILES string of the molecule is C#C[Si](C)(C)C.C[Si](C)(C)C#Cc1cnn(-c2c(Cl)cc(C(F)(F)F)cc2Cl)c1. The van der Waals surface area contributed by atoms with E-state index in [1.807, 2.05) is 0 Å². The zero-order valence-electron chi connectivity index (χ0n) is 17.2. The van der Waals surface area contributed by atoms with Crippen LogP contribution in [-0.2, 0) is 6.18 Å². The topological polar surface area (TPSA) is 17.8 Å². The van der Waals surface area contributed by atoms with Crippen LogP contribution in [0, 0.1) is 23.4 Å². The van der Waals surface area contributed by atoms with Crippen LogP contribution >= 0.6 is 23.2 Å². The van der Waals surface area contributed by atoms with E-state index in [4.69, 9.17) is 29.6 Å². The molecule has 0 fully saturated rings. The van der Waals surface area contributed by atoms with Crippen molar-refractivity contribution < 1.29 is 13.2 Å². The van der Waals surface area contributed by atoms with Crippen LogP contribution in [0.4, 0.5) is 13.2 Å². The third-order valence-electron chi connectivity index (χ3n) is 3.17. The molecule has 0 bridgehead atoms. The van der Waals surface area contributed by atoms with Gasteiger partial charge in [0, 0.05) is 6.20 Å². The summed E-state index contributed by atoms with van der Waals surface area (Å²) < 4.78 is 39.6. The molecule has 1 aromatic carbocycles. The second-order valence-electron chi connectivity index (χ2n) is 8.35. The van der Waals surface area contributed by atoms with Crippen LogP contribution in [0.3, 0.4) is 0 Å². The fraction of sp³-hybridized carbons (Fsp3) is 0.350. The van der Waals surface area contributed by atoms with E-state index >= 15 is 0 Å². The molecular weight excluding hydrogens is 452 g/mol.